The minimum atomic E-state index is 0.611. The van der Waals surface area contributed by atoms with Crippen LogP contribution < -0.4 is 10.1 Å². The van der Waals surface area contributed by atoms with Crippen molar-refractivity contribution in [3.63, 3.8) is 0 Å². The summed E-state index contributed by atoms with van der Waals surface area (Å²) >= 11 is 0. The molecule has 1 saturated heterocycles. The highest BCUT2D eigenvalue weighted by atomic mass is 16.5. The molecule has 1 fully saturated rings. The van der Waals surface area contributed by atoms with Crippen molar-refractivity contribution in [3.8, 4) is 5.88 Å². The summed E-state index contributed by atoms with van der Waals surface area (Å²) in [5.41, 5.74) is 1.33. The van der Waals surface area contributed by atoms with Crippen LogP contribution in [0.15, 0.2) is 18.3 Å². The fraction of sp³-hybridized carbons (Fsp3) is 0.583. The fourth-order valence-corrected chi connectivity index (χ4v) is 2.33. The van der Waals surface area contributed by atoms with Crippen molar-refractivity contribution in [1.82, 2.24) is 10.3 Å². The van der Waals surface area contributed by atoms with E-state index in [9.17, 15) is 0 Å². The number of nitrogens with zero attached hydrogens (tertiary/aromatic N) is 1. The summed E-state index contributed by atoms with van der Waals surface area (Å²) in [5, 5.41) is 3.52. The normalized spacial score (nSPS) is 25.5. The highest BCUT2D eigenvalue weighted by molar-refractivity contribution is 5.23. The molecule has 1 aromatic rings. The molecule has 1 aliphatic rings. The monoisotopic (exact) mass is 206 g/mol. The molecule has 0 bridgehead atoms. The predicted molar refractivity (Wildman–Crippen MR) is 60.2 cm³/mol. The van der Waals surface area contributed by atoms with Crippen LogP contribution in [0.1, 0.15) is 31.2 Å². The molecule has 0 aliphatic carbocycles. The number of hydrogen-bond donors (Lipinski definition) is 1. The Hall–Kier alpha value is -1.09. The average molecular weight is 206 g/mol. The minimum absolute atomic E-state index is 0.611. The topological polar surface area (TPSA) is 34.1 Å². The van der Waals surface area contributed by atoms with Gasteiger partial charge in [-0.05, 0) is 24.9 Å². The zero-order valence-corrected chi connectivity index (χ0v) is 9.36. The van der Waals surface area contributed by atoms with Crippen LogP contribution in [-0.4, -0.2) is 24.7 Å². The SMILES string of the molecule is CCC1NCCC1c1ccc(OC)nc1. The second-order valence-corrected chi connectivity index (χ2v) is 4.00. The molecule has 2 rings (SSSR count). The zero-order valence-electron chi connectivity index (χ0n) is 9.36. The Morgan fingerprint density at radius 1 is 1.53 bits per heavy atom. The number of nitrogens with one attached hydrogen (secondary N) is 1. The van der Waals surface area contributed by atoms with Crippen molar-refractivity contribution in [1.29, 1.82) is 0 Å². The summed E-state index contributed by atoms with van der Waals surface area (Å²) in [6.45, 7) is 3.35. The van der Waals surface area contributed by atoms with Crippen LogP contribution in [0.25, 0.3) is 0 Å². The molecule has 15 heavy (non-hydrogen) atoms. The molecule has 2 heterocycles. The van der Waals surface area contributed by atoms with Gasteiger partial charge in [-0.2, -0.15) is 0 Å². The first-order valence-electron chi connectivity index (χ1n) is 5.58. The molecule has 0 spiro atoms. The predicted octanol–water partition coefficient (Wildman–Crippen LogP) is 1.95. The molecule has 1 aliphatic heterocycles. The molecule has 1 aromatic heterocycles. The Balaban J connectivity index is 2.14. The molecule has 0 saturated carbocycles. The van der Waals surface area contributed by atoms with Gasteiger partial charge in [-0.1, -0.05) is 13.0 Å². The molecular formula is C12H18N2O. The van der Waals surface area contributed by atoms with Crippen LogP contribution in [0.3, 0.4) is 0 Å². The van der Waals surface area contributed by atoms with Crippen molar-refractivity contribution in [2.75, 3.05) is 13.7 Å². The van der Waals surface area contributed by atoms with Crippen molar-refractivity contribution in [3.05, 3.63) is 23.9 Å². The van der Waals surface area contributed by atoms with Crippen LogP contribution in [0.4, 0.5) is 0 Å². The van der Waals surface area contributed by atoms with E-state index < -0.39 is 0 Å². The lowest BCUT2D eigenvalue weighted by molar-refractivity contribution is 0.397. The first kappa shape index (κ1) is 10.4. The van der Waals surface area contributed by atoms with Gasteiger partial charge in [-0.3, -0.25) is 0 Å². The van der Waals surface area contributed by atoms with Crippen LogP contribution in [0.2, 0.25) is 0 Å². The molecule has 2 unspecified atom stereocenters. The van der Waals surface area contributed by atoms with Gasteiger partial charge < -0.3 is 10.1 Å². The third-order valence-corrected chi connectivity index (χ3v) is 3.18. The van der Waals surface area contributed by atoms with E-state index in [0.717, 1.165) is 6.54 Å². The lowest BCUT2D eigenvalue weighted by atomic mass is 9.92. The summed E-state index contributed by atoms with van der Waals surface area (Å²) in [6, 6.07) is 4.69. The van der Waals surface area contributed by atoms with E-state index in [1.54, 1.807) is 7.11 Å². The number of hydrogen-bond acceptors (Lipinski definition) is 3. The Morgan fingerprint density at radius 2 is 2.40 bits per heavy atom. The van der Waals surface area contributed by atoms with Gasteiger partial charge in [0.15, 0.2) is 0 Å². The standard InChI is InChI=1S/C12H18N2O/c1-3-11-10(6-7-13-11)9-4-5-12(15-2)14-8-9/h4-5,8,10-11,13H,3,6-7H2,1-2H3. The van der Waals surface area contributed by atoms with Gasteiger partial charge in [0.2, 0.25) is 5.88 Å². The van der Waals surface area contributed by atoms with Gasteiger partial charge in [-0.25, -0.2) is 4.98 Å². The third-order valence-electron chi connectivity index (χ3n) is 3.18. The summed E-state index contributed by atoms with van der Waals surface area (Å²) < 4.78 is 5.06. The van der Waals surface area contributed by atoms with Crippen molar-refractivity contribution in [2.24, 2.45) is 0 Å². The van der Waals surface area contributed by atoms with E-state index in [1.165, 1.54) is 18.4 Å². The lowest BCUT2D eigenvalue weighted by Crippen LogP contribution is -2.24. The molecule has 2 atom stereocenters. The van der Waals surface area contributed by atoms with Gasteiger partial charge in [0.1, 0.15) is 0 Å². The van der Waals surface area contributed by atoms with Crippen molar-refractivity contribution >= 4 is 0 Å². The lowest BCUT2D eigenvalue weighted by Gasteiger charge is -2.17. The van der Waals surface area contributed by atoms with Crippen molar-refractivity contribution in [2.45, 2.75) is 31.7 Å². The fourth-order valence-electron chi connectivity index (χ4n) is 2.33. The molecule has 3 heteroatoms. The molecule has 82 valence electrons. The number of aromatic nitrogens is 1. The number of methoxy groups -OCH3 is 1. The van der Waals surface area contributed by atoms with E-state index in [0.29, 0.717) is 17.8 Å². The van der Waals surface area contributed by atoms with E-state index in [-0.39, 0.29) is 0 Å². The Morgan fingerprint density at radius 3 is 3.00 bits per heavy atom. The van der Waals surface area contributed by atoms with Gasteiger partial charge in [-0.15, -0.1) is 0 Å². The molecule has 0 amide bonds. The van der Waals surface area contributed by atoms with Gasteiger partial charge >= 0.3 is 0 Å². The average Bonchev–Trinajstić information content (AvgIpc) is 2.77. The molecule has 3 nitrogen and oxygen atoms in total. The highest BCUT2D eigenvalue weighted by Gasteiger charge is 2.26. The summed E-state index contributed by atoms with van der Waals surface area (Å²) in [4.78, 5) is 4.26. The van der Waals surface area contributed by atoms with Crippen LogP contribution in [0.5, 0.6) is 5.88 Å². The van der Waals surface area contributed by atoms with Crippen molar-refractivity contribution < 1.29 is 4.74 Å². The maximum Gasteiger partial charge on any atom is 0.212 e. The first-order chi connectivity index (χ1) is 7.35. The smallest absolute Gasteiger partial charge is 0.212 e. The van der Waals surface area contributed by atoms with Gasteiger partial charge in [0, 0.05) is 24.2 Å². The van der Waals surface area contributed by atoms with E-state index in [2.05, 4.69) is 23.3 Å². The summed E-state index contributed by atoms with van der Waals surface area (Å²) in [5.74, 6) is 1.31. The number of ether oxygens (including phenoxy) is 1. The van der Waals surface area contributed by atoms with E-state index >= 15 is 0 Å². The summed E-state index contributed by atoms with van der Waals surface area (Å²) in [6.07, 6.45) is 4.34. The number of pyridine rings is 1. The largest absolute Gasteiger partial charge is 0.481 e. The first-order valence-corrected chi connectivity index (χ1v) is 5.58. The van der Waals surface area contributed by atoms with Crippen LogP contribution >= 0.6 is 0 Å². The molecule has 0 aromatic carbocycles. The maximum atomic E-state index is 5.06. The third kappa shape index (κ3) is 2.12. The Kier molecular flexibility index (Phi) is 3.21. The Bertz CT molecular complexity index is 310. The Labute approximate surface area is 90.9 Å². The maximum absolute atomic E-state index is 5.06. The number of rotatable bonds is 3. The zero-order chi connectivity index (χ0) is 10.7. The van der Waals surface area contributed by atoms with E-state index in [1.807, 2.05) is 12.3 Å². The van der Waals surface area contributed by atoms with Crippen LogP contribution in [-0.2, 0) is 0 Å². The van der Waals surface area contributed by atoms with Crippen LogP contribution in [0, 0.1) is 0 Å². The molecule has 1 N–H and O–H groups in total. The molecule has 0 radical (unpaired) electrons. The second-order valence-electron chi connectivity index (χ2n) is 4.00. The highest BCUT2D eigenvalue weighted by Crippen LogP contribution is 2.29. The second kappa shape index (κ2) is 4.62. The van der Waals surface area contributed by atoms with Gasteiger partial charge in [0.05, 0.1) is 7.11 Å². The van der Waals surface area contributed by atoms with Gasteiger partial charge in [0.25, 0.3) is 0 Å². The quantitative estimate of drug-likeness (QED) is 0.820. The minimum Gasteiger partial charge on any atom is -0.481 e. The molecular weight excluding hydrogens is 188 g/mol. The summed E-state index contributed by atoms with van der Waals surface area (Å²) in [7, 11) is 1.65. The van der Waals surface area contributed by atoms with E-state index in [4.69, 9.17) is 4.74 Å².